The van der Waals surface area contributed by atoms with Crippen molar-refractivity contribution in [2.45, 2.75) is 77.8 Å². The van der Waals surface area contributed by atoms with Gasteiger partial charge in [-0.05, 0) is 36.3 Å². The van der Waals surface area contributed by atoms with Gasteiger partial charge in [-0.2, -0.15) is 0 Å². The first kappa shape index (κ1) is 16.4. The summed E-state index contributed by atoms with van der Waals surface area (Å²) in [5, 5.41) is 7.65. The Balaban J connectivity index is 4.48. The molecule has 2 nitrogen and oxygen atoms in total. The van der Waals surface area contributed by atoms with Crippen molar-refractivity contribution in [3.8, 4) is 0 Å². The van der Waals surface area contributed by atoms with Gasteiger partial charge in [0, 0.05) is 0 Å². The van der Waals surface area contributed by atoms with Crippen LogP contribution in [0.25, 0.3) is 0 Å². The van der Waals surface area contributed by atoms with Crippen LogP contribution in [0.3, 0.4) is 0 Å². The number of hydrogen-bond acceptors (Lipinski definition) is 2. The van der Waals surface area contributed by atoms with Crippen LogP contribution in [-0.4, -0.2) is 16.5 Å². The third kappa shape index (κ3) is 3.98. The summed E-state index contributed by atoms with van der Waals surface area (Å²) >= 11 is 0. The predicted octanol–water partition coefficient (Wildman–Crippen LogP) is 4.09. The maximum atomic E-state index is 3.83. The van der Waals surface area contributed by atoms with Crippen molar-refractivity contribution < 1.29 is 0 Å². The van der Waals surface area contributed by atoms with Crippen molar-refractivity contribution in [2.24, 2.45) is 0 Å². The average molecular weight is 261 g/mol. The molecule has 0 rings (SSSR count). The molecule has 0 saturated heterocycles. The van der Waals surface area contributed by atoms with E-state index in [9.17, 15) is 0 Å². The van der Waals surface area contributed by atoms with Gasteiger partial charge in [0.2, 0.25) is 0 Å². The van der Waals surface area contributed by atoms with E-state index in [4.69, 9.17) is 0 Å². The standard InChI is InChI=1S/C12H32N2Si2/c1-7-15(8-2,9-3)13-14-16(10-4,11-5)12-6/h13-14H,7-12H2,1-6H3. The van der Waals surface area contributed by atoms with Crippen molar-refractivity contribution in [1.29, 1.82) is 0 Å². The van der Waals surface area contributed by atoms with Gasteiger partial charge in [-0.3, -0.25) is 10.2 Å². The van der Waals surface area contributed by atoms with E-state index in [1.807, 2.05) is 0 Å². The second-order valence-electron chi connectivity index (χ2n) is 4.93. The van der Waals surface area contributed by atoms with E-state index < -0.39 is 16.5 Å². The second-order valence-corrected chi connectivity index (χ2v) is 14.8. The van der Waals surface area contributed by atoms with E-state index in [0.29, 0.717) is 0 Å². The summed E-state index contributed by atoms with van der Waals surface area (Å²) < 4.78 is 0. The van der Waals surface area contributed by atoms with Crippen LogP contribution >= 0.6 is 0 Å². The zero-order valence-electron chi connectivity index (χ0n) is 12.2. The first-order chi connectivity index (χ1) is 7.57. The Morgan fingerprint density at radius 2 is 0.688 bits per heavy atom. The molecule has 98 valence electrons. The van der Waals surface area contributed by atoms with Crippen molar-refractivity contribution in [3.05, 3.63) is 0 Å². The lowest BCUT2D eigenvalue weighted by atomic mass is 10.9. The molecule has 0 aliphatic carbocycles. The van der Waals surface area contributed by atoms with Crippen LogP contribution in [-0.2, 0) is 0 Å². The highest BCUT2D eigenvalue weighted by Crippen LogP contribution is 2.19. The third-order valence-corrected chi connectivity index (χ3v) is 14.3. The van der Waals surface area contributed by atoms with Gasteiger partial charge in [-0.25, -0.2) is 0 Å². The summed E-state index contributed by atoms with van der Waals surface area (Å²) in [6.07, 6.45) is 0. The van der Waals surface area contributed by atoms with E-state index in [0.717, 1.165) is 0 Å². The molecule has 0 bridgehead atoms. The molecule has 0 aromatic rings. The molecule has 0 radical (unpaired) electrons. The lowest BCUT2D eigenvalue weighted by molar-refractivity contribution is 0.798. The fraction of sp³-hybridized carbons (Fsp3) is 1.00. The van der Waals surface area contributed by atoms with Gasteiger partial charge in [0.25, 0.3) is 0 Å². The molecular weight excluding hydrogens is 228 g/mol. The largest absolute Gasteiger partial charge is 0.285 e. The number of nitrogens with one attached hydrogen (secondary N) is 2. The minimum absolute atomic E-state index is 1.20. The molecule has 0 fully saturated rings. The Bertz CT molecular complexity index is 141. The van der Waals surface area contributed by atoms with Gasteiger partial charge in [0.15, 0.2) is 0 Å². The number of hydrazine groups is 1. The van der Waals surface area contributed by atoms with Gasteiger partial charge < -0.3 is 0 Å². The van der Waals surface area contributed by atoms with E-state index in [1.165, 1.54) is 36.3 Å². The van der Waals surface area contributed by atoms with E-state index in [-0.39, 0.29) is 0 Å². The molecule has 0 amide bonds. The highest BCUT2D eigenvalue weighted by molar-refractivity contribution is 6.81. The minimum Gasteiger partial charge on any atom is -0.285 e. The molecule has 4 heteroatoms. The summed E-state index contributed by atoms with van der Waals surface area (Å²) in [5.74, 6) is 0. The molecule has 16 heavy (non-hydrogen) atoms. The molecular formula is C12H32N2Si2. The Morgan fingerprint density at radius 1 is 0.500 bits per heavy atom. The zero-order valence-corrected chi connectivity index (χ0v) is 14.2. The summed E-state index contributed by atoms with van der Waals surface area (Å²) in [6.45, 7) is 14.1. The van der Waals surface area contributed by atoms with Crippen LogP contribution in [0.4, 0.5) is 0 Å². The zero-order chi connectivity index (χ0) is 12.7. The van der Waals surface area contributed by atoms with Gasteiger partial charge in [-0.15, -0.1) is 0 Å². The number of hydrogen-bond donors (Lipinski definition) is 2. The third-order valence-electron chi connectivity index (χ3n) is 4.65. The minimum atomic E-state index is -1.20. The Labute approximate surface area is 105 Å². The van der Waals surface area contributed by atoms with E-state index >= 15 is 0 Å². The summed E-state index contributed by atoms with van der Waals surface area (Å²) in [7, 11) is -2.40. The molecule has 0 aliphatic rings. The lowest BCUT2D eigenvalue weighted by Gasteiger charge is -2.37. The molecule has 0 heterocycles. The van der Waals surface area contributed by atoms with Crippen LogP contribution in [0.2, 0.25) is 36.3 Å². The predicted molar refractivity (Wildman–Crippen MR) is 80.7 cm³/mol. The fourth-order valence-corrected chi connectivity index (χ4v) is 8.48. The van der Waals surface area contributed by atoms with Gasteiger partial charge in [0.1, 0.15) is 16.5 Å². The monoisotopic (exact) mass is 260 g/mol. The van der Waals surface area contributed by atoms with Crippen molar-refractivity contribution >= 4 is 16.5 Å². The van der Waals surface area contributed by atoms with E-state index in [2.05, 4.69) is 51.7 Å². The molecule has 0 aliphatic heterocycles. The van der Waals surface area contributed by atoms with Crippen molar-refractivity contribution in [2.75, 3.05) is 0 Å². The highest BCUT2D eigenvalue weighted by Gasteiger charge is 2.32. The summed E-state index contributed by atoms with van der Waals surface area (Å²) in [4.78, 5) is 0. The quantitative estimate of drug-likeness (QED) is 0.482. The summed E-state index contributed by atoms with van der Waals surface area (Å²) in [5.41, 5.74) is 0. The van der Waals surface area contributed by atoms with Crippen LogP contribution < -0.4 is 10.2 Å². The highest BCUT2D eigenvalue weighted by atomic mass is 28.3. The molecule has 0 atom stereocenters. The van der Waals surface area contributed by atoms with Crippen LogP contribution in [0.15, 0.2) is 0 Å². The average Bonchev–Trinajstić information content (AvgIpc) is 2.37. The molecule has 0 aromatic heterocycles. The molecule has 0 unspecified atom stereocenters. The SMILES string of the molecule is CC[Si](CC)(CC)NN[Si](CC)(CC)CC. The first-order valence-corrected chi connectivity index (χ1v) is 12.4. The Morgan fingerprint density at radius 3 is 0.812 bits per heavy atom. The Kier molecular flexibility index (Phi) is 7.80. The lowest BCUT2D eigenvalue weighted by Crippen LogP contribution is -2.65. The molecule has 0 saturated carbocycles. The molecule has 0 aromatic carbocycles. The van der Waals surface area contributed by atoms with Crippen molar-refractivity contribution in [1.82, 2.24) is 10.2 Å². The van der Waals surface area contributed by atoms with Gasteiger partial charge in [0.05, 0.1) is 0 Å². The Hall–Kier alpha value is 0.354. The maximum absolute atomic E-state index is 3.83. The topological polar surface area (TPSA) is 24.1 Å². The van der Waals surface area contributed by atoms with Crippen LogP contribution in [0, 0.1) is 0 Å². The van der Waals surface area contributed by atoms with Crippen molar-refractivity contribution in [3.63, 3.8) is 0 Å². The van der Waals surface area contributed by atoms with Gasteiger partial charge >= 0.3 is 0 Å². The molecule has 2 N–H and O–H groups in total. The second kappa shape index (κ2) is 7.64. The molecule has 0 spiro atoms. The fourth-order valence-electron chi connectivity index (χ4n) is 2.30. The normalized spacial score (nSPS) is 13.1. The smallest absolute Gasteiger partial charge is 0.140 e. The van der Waals surface area contributed by atoms with Gasteiger partial charge in [-0.1, -0.05) is 41.5 Å². The number of rotatable bonds is 9. The maximum Gasteiger partial charge on any atom is 0.140 e. The van der Waals surface area contributed by atoms with Crippen LogP contribution in [0.5, 0.6) is 0 Å². The summed E-state index contributed by atoms with van der Waals surface area (Å²) in [6, 6.07) is 8.05. The van der Waals surface area contributed by atoms with Crippen LogP contribution in [0.1, 0.15) is 41.5 Å². The van der Waals surface area contributed by atoms with E-state index in [1.54, 1.807) is 0 Å². The first-order valence-electron chi connectivity index (χ1n) is 7.11.